The maximum Gasteiger partial charge on any atom is 0.229 e. The molecule has 0 radical (unpaired) electrons. The zero-order valence-electron chi connectivity index (χ0n) is 14.9. The molecule has 2 aromatic rings. The third-order valence-electron chi connectivity index (χ3n) is 4.44. The molecule has 0 unspecified atom stereocenters. The van der Waals surface area contributed by atoms with E-state index in [4.69, 9.17) is 5.26 Å². The molecular formula is C18H23N7. The first kappa shape index (κ1) is 17.0. The fraction of sp³-hybridized carbons (Fsp3) is 0.389. The Kier molecular flexibility index (Phi) is 5.00. The predicted octanol–water partition coefficient (Wildman–Crippen LogP) is 2.19. The number of aromatic nitrogens is 2. The summed E-state index contributed by atoms with van der Waals surface area (Å²) in [5, 5.41) is 15.2. The molecule has 7 nitrogen and oxygen atoms in total. The Hall–Kier alpha value is -2.85. The highest BCUT2D eigenvalue weighted by Gasteiger charge is 2.16. The highest BCUT2D eigenvalue weighted by Crippen LogP contribution is 2.26. The van der Waals surface area contributed by atoms with Crippen LogP contribution in [0.5, 0.6) is 0 Å². The lowest BCUT2D eigenvalue weighted by Crippen LogP contribution is -2.44. The van der Waals surface area contributed by atoms with Gasteiger partial charge in [0.1, 0.15) is 17.5 Å². The SMILES string of the molecule is CNc1nc(Nc2ccc(N3CCN(C)CC3)c(C)c2)ncc1C#N. The average molecular weight is 337 g/mol. The summed E-state index contributed by atoms with van der Waals surface area (Å²) < 4.78 is 0. The van der Waals surface area contributed by atoms with E-state index in [1.165, 1.54) is 17.4 Å². The van der Waals surface area contributed by atoms with Gasteiger partial charge in [-0.05, 0) is 37.7 Å². The van der Waals surface area contributed by atoms with E-state index in [1.54, 1.807) is 7.05 Å². The van der Waals surface area contributed by atoms with Gasteiger partial charge in [0.25, 0.3) is 0 Å². The molecule has 130 valence electrons. The predicted molar refractivity (Wildman–Crippen MR) is 100 cm³/mol. The minimum Gasteiger partial charge on any atom is -0.372 e. The number of nitrogens with zero attached hydrogens (tertiary/aromatic N) is 5. The van der Waals surface area contributed by atoms with Crippen molar-refractivity contribution >= 4 is 23.1 Å². The van der Waals surface area contributed by atoms with Gasteiger partial charge in [0.15, 0.2) is 0 Å². The van der Waals surface area contributed by atoms with Crippen LogP contribution >= 0.6 is 0 Å². The lowest BCUT2D eigenvalue weighted by atomic mass is 10.1. The molecule has 2 N–H and O–H groups in total. The van der Waals surface area contributed by atoms with Gasteiger partial charge >= 0.3 is 0 Å². The first-order chi connectivity index (χ1) is 12.1. The normalized spacial score (nSPS) is 14.9. The smallest absolute Gasteiger partial charge is 0.229 e. The van der Waals surface area contributed by atoms with Gasteiger partial charge in [0, 0.05) is 44.6 Å². The van der Waals surface area contributed by atoms with E-state index < -0.39 is 0 Å². The fourth-order valence-electron chi connectivity index (χ4n) is 2.98. The molecule has 0 atom stereocenters. The number of rotatable bonds is 4. The summed E-state index contributed by atoms with van der Waals surface area (Å²) in [5.41, 5.74) is 3.85. The van der Waals surface area contributed by atoms with E-state index in [2.05, 4.69) is 62.6 Å². The Balaban J connectivity index is 1.76. The van der Waals surface area contributed by atoms with E-state index in [-0.39, 0.29) is 0 Å². The number of hydrogen-bond donors (Lipinski definition) is 2. The van der Waals surface area contributed by atoms with Gasteiger partial charge in [-0.25, -0.2) is 4.98 Å². The third kappa shape index (κ3) is 3.80. The molecule has 1 aromatic carbocycles. The van der Waals surface area contributed by atoms with E-state index in [9.17, 15) is 0 Å². The Morgan fingerprint density at radius 3 is 2.60 bits per heavy atom. The highest BCUT2D eigenvalue weighted by atomic mass is 15.2. The molecule has 2 heterocycles. The minimum absolute atomic E-state index is 0.426. The molecule has 25 heavy (non-hydrogen) atoms. The third-order valence-corrected chi connectivity index (χ3v) is 4.44. The van der Waals surface area contributed by atoms with Crippen LogP contribution in [-0.4, -0.2) is 55.1 Å². The molecule has 1 saturated heterocycles. The molecule has 0 bridgehead atoms. The van der Waals surface area contributed by atoms with Crippen LogP contribution in [0.2, 0.25) is 0 Å². The molecule has 1 fully saturated rings. The summed E-state index contributed by atoms with van der Waals surface area (Å²) >= 11 is 0. The monoisotopic (exact) mass is 337 g/mol. The van der Waals surface area contributed by atoms with Gasteiger partial charge in [-0.1, -0.05) is 0 Å². The van der Waals surface area contributed by atoms with Crippen molar-refractivity contribution in [3.63, 3.8) is 0 Å². The average Bonchev–Trinajstić information content (AvgIpc) is 2.63. The largest absolute Gasteiger partial charge is 0.372 e. The molecular weight excluding hydrogens is 314 g/mol. The van der Waals surface area contributed by atoms with Gasteiger partial charge in [-0.2, -0.15) is 10.2 Å². The lowest BCUT2D eigenvalue weighted by Gasteiger charge is -2.35. The molecule has 0 aliphatic carbocycles. The zero-order valence-corrected chi connectivity index (χ0v) is 14.9. The van der Waals surface area contributed by atoms with Crippen LogP contribution in [-0.2, 0) is 0 Å². The standard InChI is InChI=1S/C18H23N7/c1-13-10-15(4-5-16(13)25-8-6-24(3)7-9-25)22-18-21-12-14(11-19)17(20-2)23-18/h4-5,10,12H,6-9H2,1-3H3,(H2,20,21,22,23). The number of piperazine rings is 1. The fourth-order valence-corrected chi connectivity index (χ4v) is 2.98. The van der Waals surface area contributed by atoms with Crippen LogP contribution in [0.3, 0.4) is 0 Å². The van der Waals surface area contributed by atoms with Gasteiger partial charge in [0.05, 0.1) is 6.20 Å². The Morgan fingerprint density at radius 2 is 1.96 bits per heavy atom. The summed E-state index contributed by atoms with van der Waals surface area (Å²) in [7, 11) is 3.90. The van der Waals surface area contributed by atoms with Gasteiger partial charge in [-0.15, -0.1) is 0 Å². The van der Waals surface area contributed by atoms with Crippen molar-refractivity contribution in [3.05, 3.63) is 35.5 Å². The number of nitriles is 1. The summed E-state index contributed by atoms with van der Waals surface area (Å²) in [6.45, 7) is 6.40. The quantitative estimate of drug-likeness (QED) is 0.885. The van der Waals surface area contributed by atoms with Crippen molar-refractivity contribution in [3.8, 4) is 6.07 Å². The van der Waals surface area contributed by atoms with Crippen molar-refractivity contribution in [1.29, 1.82) is 5.26 Å². The van der Waals surface area contributed by atoms with Crippen molar-refractivity contribution < 1.29 is 0 Å². The van der Waals surface area contributed by atoms with Crippen LogP contribution in [0.1, 0.15) is 11.1 Å². The molecule has 0 amide bonds. The molecule has 0 spiro atoms. The Labute approximate surface area is 148 Å². The van der Waals surface area contributed by atoms with Gasteiger partial charge < -0.3 is 20.4 Å². The second kappa shape index (κ2) is 7.36. The van der Waals surface area contributed by atoms with Gasteiger partial charge in [0.2, 0.25) is 5.95 Å². The van der Waals surface area contributed by atoms with Crippen LogP contribution in [0.4, 0.5) is 23.1 Å². The number of likely N-dealkylation sites (N-methyl/N-ethyl adjacent to an activating group) is 1. The van der Waals surface area contributed by atoms with E-state index >= 15 is 0 Å². The molecule has 7 heteroatoms. The Morgan fingerprint density at radius 1 is 1.20 bits per heavy atom. The zero-order chi connectivity index (χ0) is 17.8. The molecule has 1 aromatic heterocycles. The van der Waals surface area contributed by atoms with E-state index in [0.717, 1.165) is 31.9 Å². The van der Waals surface area contributed by atoms with Crippen molar-refractivity contribution in [2.24, 2.45) is 0 Å². The molecule has 0 saturated carbocycles. The first-order valence-corrected chi connectivity index (χ1v) is 8.37. The van der Waals surface area contributed by atoms with E-state index in [0.29, 0.717) is 17.3 Å². The topological polar surface area (TPSA) is 80.1 Å². The van der Waals surface area contributed by atoms with Crippen LogP contribution < -0.4 is 15.5 Å². The van der Waals surface area contributed by atoms with Crippen LogP contribution in [0, 0.1) is 18.3 Å². The van der Waals surface area contributed by atoms with Crippen molar-refractivity contribution in [1.82, 2.24) is 14.9 Å². The maximum absolute atomic E-state index is 9.04. The first-order valence-electron chi connectivity index (χ1n) is 8.37. The number of aryl methyl sites for hydroxylation is 1. The Bertz CT molecular complexity index is 788. The lowest BCUT2D eigenvalue weighted by molar-refractivity contribution is 0.312. The van der Waals surface area contributed by atoms with Crippen LogP contribution in [0.25, 0.3) is 0 Å². The second-order valence-corrected chi connectivity index (χ2v) is 6.23. The summed E-state index contributed by atoms with van der Waals surface area (Å²) in [5.74, 6) is 0.987. The summed E-state index contributed by atoms with van der Waals surface area (Å²) in [6, 6.07) is 8.36. The number of benzene rings is 1. The van der Waals surface area contributed by atoms with Gasteiger partial charge in [-0.3, -0.25) is 0 Å². The molecule has 1 aliphatic heterocycles. The van der Waals surface area contributed by atoms with E-state index in [1.807, 2.05) is 6.07 Å². The minimum atomic E-state index is 0.426. The van der Waals surface area contributed by atoms with Crippen molar-refractivity contribution in [2.75, 3.05) is 55.8 Å². The number of nitrogens with one attached hydrogen (secondary N) is 2. The summed E-state index contributed by atoms with van der Waals surface area (Å²) in [4.78, 5) is 13.3. The summed E-state index contributed by atoms with van der Waals surface area (Å²) in [6.07, 6.45) is 1.52. The maximum atomic E-state index is 9.04. The molecule has 1 aliphatic rings. The second-order valence-electron chi connectivity index (χ2n) is 6.23. The molecule has 3 rings (SSSR count). The van der Waals surface area contributed by atoms with Crippen molar-refractivity contribution in [2.45, 2.75) is 6.92 Å². The van der Waals surface area contributed by atoms with Crippen LogP contribution in [0.15, 0.2) is 24.4 Å². The number of hydrogen-bond acceptors (Lipinski definition) is 7. The number of anilines is 4. The highest BCUT2D eigenvalue weighted by molar-refractivity contribution is 5.64.